The molecule has 0 aliphatic carbocycles. The van der Waals surface area contributed by atoms with E-state index >= 15 is 0 Å². The number of rotatable bonds is 6. The first-order chi connectivity index (χ1) is 9.17. The zero-order valence-electron chi connectivity index (χ0n) is 10.7. The van der Waals surface area contributed by atoms with E-state index in [1.54, 1.807) is 22.5 Å². The van der Waals surface area contributed by atoms with Crippen molar-refractivity contribution in [1.29, 1.82) is 0 Å². The van der Waals surface area contributed by atoms with Crippen LogP contribution in [0.2, 0.25) is 0 Å². The highest BCUT2D eigenvalue weighted by Gasteiger charge is 2.10. The fraction of sp³-hybridized carbons (Fsp3) is 0.308. The highest BCUT2D eigenvalue weighted by Crippen LogP contribution is 2.20. The van der Waals surface area contributed by atoms with E-state index < -0.39 is 0 Å². The van der Waals surface area contributed by atoms with Gasteiger partial charge in [-0.15, -0.1) is 11.8 Å². The molecule has 2 rings (SSSR count). The number of halogens is 1. The van der Waals surface area contributed by atoms with Crippen LogP contribution < -0.4 is 11.3 Å². The lowest BCUT2D eigenvalue weighted by Crippen LogP contribution is -2.38. The lowest BCUT2D eigenvalue weighted by molar-refractivity contribution is 0.563. The van der Waals surface area contributed by atoms with E-state index in [0.29, 0.717) is 0 Å². The Balaban J connectivity index is 1.89. The Bertz CT molecular complexity index is 529. The first-order valence-corrected chi connectivity index (χ1v) is 6.99. The number of aryl methyl sites for hydroxylation is 1. The van der Waals surface area contributed by atoms with Crippen molar-refractivity contribution in [3.8, 4) is 0 Å². The maximum atomic E-state index is 13.1. The van der Waals surface area contributed by atoms with Crippen LogP contribution in [0, 0.1) is 5.82 Å². The fourth-order valence-corrected chi connectivity index (χ4v) is 2.72. The van der Waals surface area contributed by atoms with Crippen LogP contribution in [-0.4, -0.2) is 21.6 Å². The van der Waals surface area contributed by atoms with Crippen LogP contribution in [0.25, 0.3) is 0 Å². The third-order valence-corrected chi connectivity index (χ3v) is 3.86. The number of hydrogen-bond acceptors (Lipinski definition) is 4. The second-order valence-corrected chi connectivity index (χ2v) is 5.41. The number of aromatic nitrogens is 2. The molecule has 0 spiro atoms. The highest BCUT2D eigenvalue weighted by atomic mass is 32.2. The van der Waals surface area contributed by atoms with Crippen LogP contribution in [0.1, 0.15) is 5.69 Å². The summed E-state index contributed by atoms with van der Waals surface area (Å²) in [6, 6.07) is 8.64. The molecule has 4 nitrogen and oxygen atoms in total. The summed E-state index contributed by atoms with van der Waals surface area (Å²) in [5.74, 6) is 6.09. The largest absolute Gasteiger partial charge is 0.276 e. The Morgan fingerprint density at radius 1 is 1.47 bits per heavy atom. The highest BCUT2D eigenvalue weighted by molar-refractivity contribution is 7.99. The minimum Gasteiger partial charge on any atom is -0.276 e. The summed E-state index contributed by atoms with van der Waals surface area (Å²) in [4.78, 5) is 0.904. The zero-order chi connectivity index (χ0) is 13.7. The molecule has 2 aromatic rings. The molecule has 0 bridgehead atoms. The Labute approximate surface area is 116 Å². The van der Waals surface area contributed by atoms with Gasteiger partial charge in [0.15, 0.2) is 0 Å². The number of thioether (sulfide) groups is 1. The first-order valence-electron chi connectivity index (χ1n) is 6.00. The van der Waals surface area contributed by atoms with E-state index in [1.807, 2.05) is 25.4 Å². The van der Waals surface area contributed by atoms with Crippen LogP contribution in [0.15, 0.2) is 41.4 Å². The van der Waals surface area contributed by atoms with Crippen LogP contribution in [0.3, 0.4) is 0 Å². The lowest BCUT2D eigenvalue weighted by Gasteiger charge is -2.14. The minimum atomic E-state index is -0.216. The molecule has 3 N–H and O–H groups in total. The van der Waals surface area contributed by atoms with Crippen LogP contribution in [-0.2, 0) is 13.5 Å². The Morgan fingerprint density at radius 2 is 2.32 bits per heavy atom. The predicted molar refractivity (Wildman–Crippen MR) is 75.1 cm³/mol. The van der Waals surface area contributed by atoms with Crippen molar-refractivity contribution in [2.24, 2.45) is 12.9 Å². The maximum absolute atomic E-state index is 13.1. The van der Waals surface area contributed by atoms with E-state index in [0.717, 1.165) is 22.8 Å². The monoisotopic (exact) mass is 280 g/mol. The Hall–Kier alpha value is -1.37. The van der Waals surface area contributed by atoms with Gasteiger partial charge in [-0.05, 0) is 24.3 Å². The van der Waals surface area contributed by atoms with E-state index in [4.69, 9.17) is 5.84 Å². The average Bonchev–Trinajstić information content (AvgIpc) is 2.80. The molecule has 0 aliphatic rings. The van der Waals surface area contributed by atoms with Gasteiger partial charge in [-0.3, -0.25) is 16.0 Å². The van der Waals surface area contributed by atoms with Crippen molar-refractivity contribution in [2.75, 3.05) is 5.75 Å². The molecular weight excluding hydrogens is 263 g/mol. The third-order valence-electron chi connectivity index (χ3n) is 2.71. The minimum absolute atomic E-state index is 0.100. The molecular formula is C13H17FN4S. The standard InChI is InChI=1S/C13H17FN4S/c1-18-6-5-11(17-18)8-12(16-15)9-19-13-4-2-3-10(14)7-13/h2-7,12,16H,8-9,15H2,1H3. The fourth-order valence-electron chi connectivity index (χ4n) is 1.74. The maximum Gasteiger partial charge on any atom is 0.124 e. The Morgan fingerprint density at radius 3 is 2.95 bits per heavy atom. The summed E-state index contributed by atoms with van der Waals surface area (Å²) in [5, 5.41) is 4.32. The summed E-state index contributed by atoms with van der Waals surface area (Å²) in [6.45, 7) is 0. The molecule has 6 heteroatoms. The smallest absolute Gasteiger partial charge is 0.124 e. The van der Waals surface area contributed by atoms with Gasteiger partial charge < -0.3 is 0 Å². The number of nitrogens with one attached hydrogen (secondary N) is 1. The zero-order valence-corrected chi connectivity index (χ0v) is 11.5. The van der Waals surface area contributed by atoms with Crippen molar-refractivity contribution in [1.82, 2.24) is 15.2 Å². The summed E-state index contributed by atoms with van der Waals surface area (Å²) >= 11 is 1.58. The van der Waals surface area contributed by atoms with Crippen LogP contribution in [0.5, 0.6) is 0 Å². The number of hydrogen-bond donors (Lipinski definition) is 2. The van der Waals surface area contributed by atoms with E-state index in [9.17, 15) is 4.39 Å². The summed E-state index contributed by atoms with van der Waals surface area (Å²) < 4.78 is 14.8. The van der Waals surface area contributed by atoms with Gasteiger partial charge >= 0.3 is 0 Å². The van der Waals surface area contributed by atoms with Gasteiger partial charge in [0.1, 0.15) is 5.82 Å². The summed E-state index contributed by atoms with van der Waals surface area (Å²) in [6.07, 6.45) is 2.66. The number of nitrogens with zero attached hydrogens (tertiary/aromatic N) is 2. The third kappa shape index (κ3) is 4.34. The summed E-state index contributed by atoms with van der Waals surface area (Å²) in [5.41, 5.74) is 3.77. The van der Waals surface area contributed by atoms with Crippen LogP contribution in [0.4, 0.5) is 4.39 Å². The molecule has 1 aromatic heterocycles. The normalized spacial score (nSPS) is 12.6. The predicted octanol–water partition coefficient (Wildman–Crippen LogP) is 1.73. The van der Waals surface area contributed by atoms with Crippen molar-refractivity contribution in [2.45, 2.75) is 17.4 Å². The first kappa shape index (κ1) is 14.0. The molecule has 1 unspecified atom stereocenters. The topological polar surface area (TPSA) is 55.9 Å². The second kappa shape index (κ2) is 6.70. The molecule has 0 saturated carbocycles. The average molecular weight is 280 g/mol. The lowest BCUT2D eigenvalue weighted by atomic mass is 10.2. The molecule has 102 valence electrons. The summed E-state index contributed by atoms with van der Waals surface area (Å²) in [7, 11) is 1.88. The van der Waals surface area contributed by atoms with Gasteiger partial charge in [-0.1, -0.05) is 6.07 Å². The molecule has 0 fully saturated rings. The van der Waals surface area contributed by atoms with Gasteiger partial charge in [-0.2, -0.15) is 5.10 Å². The van der Waals surface area contributed by atoms with E-state index in [-0.39, 0.29) is 11.9 Å². The molecule has 1 atom stereocenters. The van der Waals surface area contributed by atoms with Gasteiger partial charge in [0.25, 0.3) is 0 Å². The molecule has 0 aliphatic heterocycles. The number of benzene rings is 1. The second-order valence-electron chi connectivity index (χ2n) is 4.32. The van der Waals surface area contributed by atoms with E-state index in [1.165, 1.54) is 12.1 Å². The van der Waals surface area contributed by atoms with Gasteiger partial charge in [0.2, 0.25) is 0 Å². The quantitative estimate of drug-likeness (QED) is 0.481. The van der Waals surface area contributed by atoms with Gasteiger partial charge in [0.05, 0.1) is 5.69 Å². The van der Waals surface area contributed by atoms with Crippen molar-refractivity contribution < 1.29 is 4.39 Å². The van der Waals surface area contributed by atoms with Crippen molar-refractivity contribution >= 4 is 11.8 Å². The van der Waals surface area contributed by atoms with E-state index in [2.05, 4.69) is 10.5 Å². The molecule has 1 heterocycles. The molecule has 0 amide bonds. The van der Waals surface area contributed by atoms with Gasteiger partial charge in [-0.25, -0.2) is 4.39 Å². The molecule has 0 radical (unpaired) electrons. The van der Waals surface area contributed by atoms with Crippen molar-refractivity contribution in [3.63, 3.8) is 0 Å². The number of nitrogens with two attached hydrogens (primary N) is 1. The molecule has 1 aromatic carbocycles. The molecule has 0 saturated heterocycles. The SMILES string of the molecule is Cn1ccc(CC(CSc2cccc(F)c2)NN)n1. The van der Waals surface area contributed by atoms with Crippen molar-refractivity contribution in [3.05, 3.63) is 48.0 Å². The number of hydrazine groups is 1. The Kier molecular flexibility index (Phi) is 4.95. The molecule has 19 heavy (non-hydrogen) atoms. The van der Waals surface area contributed by atoms with Crippen LogP contribution >= 0.6 is 11.8 Å². The van der Waals surface area contributed by atoms with Gasteiger partial charge in [0, 0.05) is 36.4 Å².